The number of allylic oxidation sites excluding steroid dienone is 11. The minimum Gasteiger partial charge on any atom is -0.463 e. The van der Waals surface area contributed by atoms with Crippen LogP contribution in [0.1, 0.15) is 27.7 Å². The molecule has 0 rings (SSSR count). The van der Waals surface area contributed by atoms with Gasteiger partial charge in [0.05, 0.1) is 6.61 Å². The van der Waals surface area contributed by atoms with Gasteiger partial charge in [0.15, 0.2) is 0 Å². The predicted octanol–water partition coefficient (Wildman–Crippen LogP) is 4.26. The van der Waals surface area contributed by atoms with Crippen LogP contribution in [0.5, 0.6) is 0 Å². The molecule has 0 N–H and O–H groups in total. The van der Waals surface area contributed by atoms with Gasteiger partial charge in [0.25, 0.3) is 0 Å². The lowest BCUT2D eigenvalue weighted by Crippen LogP contribution is -1.98. The Labute approximate surface area is 133 Å². The van der Waals surface area contributed by atoms with E-state index < -0.39 is 0 Å². The molecule has 0 aliphatic heterocycles. The molecule has 0 heterocycles. The second-order valence-electron chi connectivity index (χ2n) is 4.68. The zero-order valence-corrected chi connectivity index (χ0v) is 13.7. The zero-order valence-electron chi connectivity index (χ0n) is 13.7. The first-order valence-electron chi connectivity index (χ1n) is 7.16. The number of rotatable bonds is 8. The summed E-state index contributed by atoms with van der Waals surface area (Å²) >= 11 is 0. The normalized spacial score (nSPS) is 14.3. The number of carbonyl (C=O) groups is 2. The summed E-state index contributed by atoms with van der Waals surface area (Å²) in [5, 5.41) is 0. The maximum atomic E-state index is 11.1. The molecule has 0 atom stereocenters. The lowest BCUT2D eigenvalue weighted by atomic mass is 10.2. The van der Waals surface area contributed by atoms with Gasteiger partial charge < -0.3 is 4.74 Å². The largest absolute Gasteiger partial charge is 0.463 e. The third-order valence-electron chi connectivity index (χ3n) is 2.50. The van der Waals surface area contributed by atoms with Crippen LogP contribution in [0.3, 0.4) is 0 Å². The van der Waals surface area contributed by atoms with Crippen molar-refractivity contribution >= 4 is 12.3 Å². The Morgan fingerprint density at radius 3 is 1.95 bits per heavy atom. The number of esters is 1. The van der Waals surface area contributed by atoms with E-state index in [4.69, 9.17) is 4.74 Å². The predicted molar refractivity (Wildman–Crippen MR) is 91.4 cm³/mol. The summed E-state index contributed by atoms with van der Waals surface area (Å²) in [6.45, 7) is 7.80. The summed E-state index contributed by atoms with van der Waals surface area (Å²) in [7, 11) is 0. The first-order chi connectivity index (χ1) is 10.5. The molecule has 0 radical (unpaired) electrons. The Balaban J connectivity index is 4.48. The highest BCUT2D eigenvalue weighted by Gasteiger charge is 1.91. The maximum absolute atomic E-state index is 11.1. The third-order valence-corrected chi connectivity index (χ3v) is 2.50. The van der Waals surface area contributed by atoms with Crippen LogP contribution in [0, 0.1) is 0 Å². The maximum Gasteiger partial charge on any atom is 0.330 e. The second kappa shape index (κ2) is 12.3. The molecule has 0 amide bonds. The summed E-state index contributed by atoms with van der Waals surface area (Å²) in [6.07, 6.45) is 17.1. The molecule has 0 aromatic carbocycles. The van der Waals surface area contributed by atoms with Crippen molar-refractivity contribution in [3.8, 4) is 0 Å². The van der Waals surface area contributed by atoms with Gasteiger partial charge in [0.1, 0.15) is 6.29 Å². The molecule has 0 aliphatic rings. The van der Waals surface area contributed by atoms with E-state index in [1.54, 1.807) is 26.0 Å². The van der Waals surface area contributed by atoms with E-state index in [0.29, 0.717) is 12.2 Å². The van der Waals surface area contributed by atoms with Gasteiger partial charge in [-0.15, -0.1) is 0 Å². The zero-order chi connectivity index (χ0) is 16.8. The summed E-state index contributed by atoms with van der Waals surface area (Å²) in [6, 6.07) is 0. The topological polar surface area (TPSA) is 43.4 Å². The van der Waals surface area contributed by atoms with Crippen LogP contribution in [0.15, 0.2) is 71.4 Å². The SMILES string of the molecule is CCOC(=O)/C=C/C(C)=C/C=C/C(C)=C/C=C/C=C(\C)C=O. The molecule has 0 spiro atoms. The van der Waals surface area contributed by atoms with Crippen LogP contribution in [0.2, 0.25) is 0 Å². The van der Waals surface area contributed by atoms with Crippen molar-refractivity contribution in [2.75, 3.05) is 6.61 Å². The summed E-state index contributed by atoms with van der Waals surface area (Å²) < 4.78 is 4.80. The van der Waals surface area contributed by atoms with Gasteiger partial charge in [-0.25, -0.2) is 4.79 Å². The number of hydrogen-bond acceptors (Lipinski definition) is 3. The monoisotopic (exact) mass is 300 g/mol. The van der Waals surface area contributed by atoms with E-state index in [1.165, 1.54) is 6.08 Å². The number of ether oxygens (including phenoxy) is 1. The fourth-order valence-electron chi connectivity index (χ4n) is 1.31. The first kappa shape index (κ1) is 19.6. The Morgan fingerprint density at radius 1 is 0.818 bits per heavy atom. The van der Waals surface area contributed by atoms with E-state index in [9.17, 15) is 9.59 Å². The molecule has 0 aromatic heterocycles. The van der Waals surface area contributed by atoms with Crippen molar-refractivity contribution in [3.05, 3.63) is 71.4 Å². The van der Waals surface area contributed by atoms with Gasteiger partial charge in [-0.3, -0.25) is 4.79 Å². The third kappa shape index (κ3) is 11.4. The lowest BCUT2D eigenvalue weighted by Gasteiger charge is -1.94. The van der Waals surface area contributed by atoms with Crippen molar-refractivity contribution in [2.45, 2.75) is 27.7 Å². The van der Waals surface area contributed by atoms with E-state index in [2.05, 4.69) is 0 Å². The molecular weight excluding hydrogens is 276 g/mol. The minimum atomic E-state index is -0.334. The lowest BCUT2D eigenvalue weighted by molar-refractivity contribution is -0.137. The number of aldehydes is 1. The van der Waals surface area contributed by atoms with Gasteiger partial charge in [-0.05, 0) is 33.3 Å². The smallest absolute Gasteiger partial charge is 0.330 e. The molecule has 22 heavy (non-hydrogen) atoms. The Morgan fingerprint density at radius 2 is 1.36 bits per heavy atom. The van der Waals surface area contributed by atoms with Gasteiger partial charge in [0.2, 0.25) is 0 Å². The Kier molecular flexibility index (Phi) is 11.0. The standard InChI is InChI=1S/C19H24O3/c1-5-22-19(21)14-13-17(3)12-8-11-16(2)9-6-7-10-18(4)15-20/h6-15H,5H2,1-4H3/b7-6+,11-8+,14-13+,16-9+,17-12+,18-10+. The second-order valence-corrected chi connectivity index (χ2v) is 4.68. The Bertz CT molecular complexity index is 541. The summed E-state index contributed by atoms with van der Waals surface area (Å²) in [5.41, 5.74) is 2.72. The molecule has 0 unspecified atom stereocenters. The van der Waals surface area contributed by atoms with E-state index >= 15 is 0 Å². The van der Waals surface area contributed by atoms with Crippen LogP contribution in [-0.2, 0) is 14.3 Å². The minimum absolute atomic E-state index is 0.334. The highest BCUT2D eigenvalue weighted by atomic mass is 16.5. The molecule has 118 valence electrons. The molecule has 0 aliphatic carbocycles. The van der Waals surface area contributed by atoms with Crippen LogP contribution >= 0.6 is 0 Å². The number of carbonyl (C=O) groups excluding carboxylic acids is 2. The van der Waals surface area contributed by atoms with Crippen LogP contribution in [0.25, 0.3) is 0 Å². The van der Waals surface area contributed by atoms with Gasteiger partial charge >= 0.3 is 5.97 Å². The van der Waals surface area contributed by atoms with E-state index in [0.717, 1.165) is 17.4 Å². The average Bonchev–Trinajstić information content (AvgIpc) is 2.49. The quantitative estimate of drug-likeness (QED) is 0.291. The van der Waals surface area contributed by atoms with Crippen LogP contribution in [0.4, 0.5) is 0 Å². The summed E-state index contributed by atoms with van der Waals surface area (Å²) in [5.74, 6) is -0.334. The molecule has 0 aromatic rings. The Hall–Kier alpha value is -2.42. The van der Waals surface area contributed by atoms with Gasteiger partial charge in [0, 0.05) is 6.08 Å². The van der Waals surface area contributed by atoms with Gasteiger partial charge in [-0.2, -0.15) is 0 Å². The fraction of sp³-hybridized carbons (Fsp3) is 0.263. The first-order valence-corrected chi connectivity index (χ1v) is 7.16. The van der Waals surface area contributed by atoms with Crippen molar-refractivity contribution in [3.63, 3.8) is 0 Å². The van der Waals surface area contributed by atoms with Crippen molar-refractivity contribution in [1.82, 2.24) is 0 Å². The highest BCUT2D eigenvalue weighted by Crippen LogP contribution is 2.00. The molecule has 0 saturated carbocycles. The molecule has 0 saturated heterocycles. The number of hydrogen-bond donors (Lipinski definition) is 0. The highest BCUT2D eigenvalue weighted by molar-refractivity contribution is 5.82. The molecule has 0 fully saturated rings. The van der Waals surface area contributed by atoms with E-state index in [-0.39, 0.29) is 5.97 Å². The molecular formula is C19H24O3. The molecule has 3 heteroatoms. The molecule has 0 bridgehead atoms. The van der Waals surface area contributed by atoms with Crippen molar-refractivity contribution in [2.24, 2.45) is 0 Å². The van der Waals surface area contributed by atoms with E-state index in [1.807, 2.05) is 50.3 Å². The van der Waals surface area contributed by atoms with Crippen LogP contribution < -0.4 is 0 Å². The summed E-state index contributed by atoms with van der Waals surface area (Å²) in [4.78, 5) is 21.5. The average molecular weight is 300 g/mol. The van der Waals surface area contributed by atoms with Gasteiger partial charge in [-0.1, -0.05) is 59.8 Å². The van der Waals surface area contributed by atoms with Crippen LogP contribution in [-0.4, -0.2) is 18.9 Å². The van der Waals surface area contributed by atoms with Crippen molar-refractivity contribution in [1.29, 1.82) is 0 Å². The molecule has 3 nitrogen and oxygen atoms in total. The fourth-order valence-corrected chi connectivity index (χ4v) is 1.31. The van der Waals surface area contributed by atoms with Crippen molar-refractivity contribution < 1.29 is 14.3 Å².